The van der Waals surface area contributed by atoms with Crippen molar-refractivity contribution in [2.24, 2.45) is 0 Å². The van der Waals surface area contributed by atoms with E-state index in [2.05, 4.69) is 18.1 Å². The van der Waals surface area contributed by atoms with E-state index in [1.807, 2.05) is 0 Å². The number of thiazole rings is 1. The van der Waals surface area contributed by atoms with Crippen molar-refractivity contribution in [3.63, 3.8) is 0 Å². The molecule has 0 unspecified atom stereocenters. The molecule has 0 spiro atoms. The molecule has 0 bridgehead atoms. The van der Waals surface area contributed by atoms with Gasteiger partial charge in [0.15, 0.2) is 0 Å². The molecule has 1 heterocycles. The van der Waals surface area contributed by atoms with Gasteiger partial charge in [-0.05, 0) is 0 Å². The van der Waals surface area contributed by atoms with Gasteiger partial charge >= 0.3 is 0 Å². The second-order valence-electron chi connectivity index (χ2n) is 1.22. The van der Waals surface area contributed by atoms with Gasteiger partial charge in [0, 0.05) is 4.53 Å². The van der Waals surface area contributed by atoms with E-state index in [0.29, 0.717) is 0 Å². The molecule has 0 N–H and O–H groups in total. The lowest BCUT2D eigenvalue weighted by Gasteiger charge is -1.57. The first kappa shape index (κ1) is 4.53. The van der Waals surface area contributed by atoms with E-state index in [9.17, 15) is 0 Å². The molecule has 1 rings (SSSR count). The van der Waals surface area contributed by atoms with Gasteiger partial charge in [-0.15, -0.1) is 11.3 Å². The lowest BCUT2D eigenvalue weighted by molar-refractivity contribution is 1.33. The molecule has 0 aromatic carbocycles. The predicted octanol–water partition coefficient (Wildman–Crippen LogP) is -0.0363. The Kier molecular flexibility index (Phi) is 0.947. The number of rotatable bonds is 0. The van der Waals surface area contributed by atoms with Gasteiger partial charge in [0.1, 0.15) is 0 Å². The molecule has 1 nitrogen and oxygen atoms in total. The van der Waals surface area contributed by atoms with E-state index >= 15 is 0 Å². The molecule has 0 saturated carbocycles. The molecule has 36 valence electrons. The first-order valence-electron chi connectivity index (χ1n) is 1.88. The summed E-state index contributed by atoms with van der Waals surface area (Å²) in [5.41, 5.74) is 1.74. The standard InChI is InChI=1S/C5H5NS/c1-4-5(2)7-3-6-4/h3H,1-2H2. The van der Waals surface area contributed by atoms with Crippen molar-refractivity contribution in [2.45, 2.75) is 0 Å². The SMILES string of the molecule is C=c1ncsc1=C. The Morgan fingerprint density at radius 3 is 2.43 bits per heavy atom. The highest BCUT2D eigenvalue weighted by Gasteiger charge is 1.75. The minimum atomic E-state index is 0.796. The highest BCUT2D eigenvalue weighted by molar-refractivity contribution is 7.07. The molecule has 0 aliphatic carbocycles. The Labute approximate surface area is 45.6 Å². The summed E-state index contributed by atoms with van der Waals surface area (Å²) in [6, 6.07) is 0. The van der Waals surface area contributed by atoms with Crippen molar-refractivity contribution in [3.05, 3.63) is 15.4 Å². The lowest BCUT2D eigenvalue weighted by atomic mass is 10.7. The van der Waals surface area contributed by atoms with Crippen molar-refractivity contribution in [3.8, 4) is 0 Å². The molecule has 0 atom stereocenters. The first-order chi connectivity index (χ1) is 3.30. The molecule has 0 radical (unpaired) electrons. The molecule has 0 amide bonds. The van der Waals surface area contributed by atoms with Crippen LogP contribution in [-0.4, -0.2) is 4.98 Å². The Morgan fingerprint density at radius 2 is 2.29 bits per heavy atom. The third-order valence-electron chi connectivity index (χ3n) is 0.725. The summed E-state index contributed by atoms with van der Waals surface area (Å²) in [5, 5.41) is 0.796. The summed E-state index contributed by atoms with van der Waals surface area (Å²) in [6.45, 7) is 7.29. The second kappa shape index (κ2) is 1.46. The molecule has 0 aliphatic heterocycles. The topological polar surface area (TPSA) is 12.9 Å². The van der Waals surface area contributed by atoms with E-state index < -0.39 is 0 Å². The quantitative estimate of drug-likeness (QED) is 0.458. The maximum atomic E-state index is 3.86. The molecule has 1 aromatic rings. The minimum Gasteiger partial charge on any atom is -0.245 e. The molecule has 1 aromatic heterocycles. The van der Waals surface area contributed by atoms with Gasteiger partial charge in [0.25, 0.3) is 0 Å². The normalized spacial score (nSPS) is 9.14. The van der Waals surface area contributed by atoms with Crippen LogP contribution >= 0.6 is 11.3 Å². The third-order valence-corrected chi connectivity index (χ3v) is 1.46. The summed E-state index contributed by atoms with van der Waals surface area (Å²) in [7, 11) is 0. The highest BCUT2D eigenvalue weighted by Crippen LogP contribution is 1.69. The maximum absolute atomic E-state index is 3.86. The van der Waals surface area contributed by atoms with Crippen LogP contribution in [0, 0.1) is 0 Å². The number of aromatic nitrogens is 1. The summed E-state index contributed by atoms with van der Waals surface area (Å²) in [4.78, 5) is 3.86. The second-order valence-corrected chi connectivity index (χ2v) is 2.16. The van der Waals surface area contributed by atoms with E-state index in [1.54, 1.807) is 5.51 Å². The van der Waals surface area contributed by atoms with Gasteiger partial charge in [0.05, 0.1) is 10.9 Å². The molecular formula is C5H5NS. The highest BCUT2D eigenvalue weighted by atomic mass is 32.1. The van der Waals surface area contributed by atoms with Crippen LogP contribution in [-0.2, 0) is 0 Å². The Bertz CT molecular complexity index is 212. The molecular weight excluding hydrogens is 106 g/mol. The van der Waals surface area contributed by atoms with Crippen molar-refractivity contribution >= 4 is 24.5 Å². The Hall–Kier alpha value is -0.630. The molecule has 0 aliphatic rings. The van der Waals surface area contributed by atoms with Crippen LogP contribution in [0.3, 0.4) is 0 Å². The maximum Gasteiger partial charge on any atom is 0.0804 e. The first-order valence-corrected chi connectivity index (χ1v) is 2.76. The Balaban J connectivity index is 3.71. The van der Waals surface area contributed by atoms with Gasteiger partial charge in [0.2, 0.25) is 0 Å². The third kappa shape index (κ3) is 0.695. The average Bonchev–Trinajstić information content (AvgIpc) is 1.91. The smallest absolute Gasteiger partial charge is 0.0804 e. The van der Waals surface area contributed by atoms with Crippen molar-refractivity contribution < 1.29 is 0 Å². The zero-order valence-corrected chi connectivity index (χ0v) is 4.66. The minimum absolute atomic E-state index is 0.796. The molecule has 0 fully saturated rings. The zero-order valence-electron chi connectivity index (χ0n) is 3.85. The van der Waals surface area contributed by atoms with Crippen LogP contribution in [0.15, 0.2) is 5.51 Å². The van der Waals surface area contributed by atoms with E-state index in [-0.39, 0.29) is 0 Å². The fourth-order valence-electron chi connectivity index (χ4n) is 0.294. The number of hydrogen-bond acceptors (Lipinski definition) is 2. The van der Waals surface area contributed by atoms with Crippen LogP contribution in [0.1, 0.15) is 0 Å². The molecule has 2 heteroatoms. The zero-order chi connectivity index (χ0) is 5.28. The largest absolute Gasteiger partial charge is 0.245 e. The fraction of sp³-hybridized carbons (Fsp3) is 0. The van der Waals surface area contributed by atoms with Crippen LogP contribution in [0.2, 0.25) is 0 Å². The van der Waals surface area contributed by atoms with Gasteiger partial charge in [-0.25, -0.2) is 4.98 Å². The van der Waals surface area contributed by atoms with Crippen LogP contribution in [0.5, 0.6) is 0 Å². The van der Waals surface area contributed by atoms with Crippen LogP contribution < -0.4 is 9.88 Å². The van der Waals surface area contributed by atoms with Crippen molar-refractivity contribution in [1.29, 1.82) is 0 Å². The van der Waals surface area contributed by atoms with Gasteiger partial charge < -0.3 is 0 Å². The van der Waals surface area contributed by atoms with Gasteiger partial charge in [-0.2, -0.15) is 0 Å². The summed E-state index contributed by atoms with van der Waals surface area (Å²) in [5.74, 6) is 0. The number of nitrogens with zero attached hydrogens (tertiary/aromatic N) is 1. The molecule has 0 saturated heterocycles. The van der Waals surface area contributed by atoms with E-state index in [1.165, 1.54) is 11.3 Å². The van der Waals surface area contributed by atoms with E-state index in [0.717, 1.165) is 9.88 Å². The predicted molar refractivity (Wildman–Crippen MR) is 32.4 cm³/mol. The average molecular weight is 111 g/mol. The van der Waals surface area contributed by atoms with Crippen LogP contribution in [0.4, 0.5) is 0 Å². The summed E-state index contributed by atoms with van der Waals surface area (Å²) < 4.78 is 0.958. The molecule has 7 heavy (non-hydrogen) atoms. The van der Waals surface area contributed by atoms with Gasteiger partial charge in [-0.3, -0.25) is 0 Å². The van der Waals surface area contributed by atoms with E-state index in [4.69, 9.17) is 0 Å². The Morgan fingerprint density at radius 1 is 1.57 bits per heavy atom. The van der Waals surface area contributed by atoms with Crippen molar-refractivity contribution in [2.75, 3.05) is 0 Å². The lowest BCUT2D eigenvalue weighted by Crippen LogP contribution is -2.15. The fourth-order valence-corrected chi connectivity index (χ4v) is 0.790. The summed E-state index contributed by atoms with van der Waals surface area (Å²) in [6.07, 6.45) is 0. The number of hydrogen-bond donors (Lipinski definition) is 0. The monoisotopic (exact) mass is 111 g/mol. The van der Waals surface area contributed by atoms with Gasteiger partial charge in [-0.1, -0.05) is 13.2 Å². The van der Waals surface area contributed by atoms with Crippen molar-refractivity contribution in [1.82, 2.24) is 4.98 Å². The summed E-state index contributed by atoms with van der Waals surface area (Å²) >= 11 is 1.52. The van der Waals surface area contributed by atoms with Crippen LogP contribution in [0.25, 0.3) is 13.2 Å².